The molecule has 3 unspecified atom stereocenters. The Morgan fingerprint density at radius 3 is 1.93 bits per heavy atom. The number of carboxylic acids is 1. The molecule has 0 spiro atoms. The predicted molar refractivity (Wildman–Crippen MR) is 154 cm³/mol. The summed E-state index contributed by atoms with van der Waals surface area (Å²) in [7, 11) is 0. The van der Waals surface area contributed by atoms with Crippen LogP contribution in [0.1, 0.15) is 104 Å². The zero-order chi connectivity index (χ0) is 31.3. The predicted octanol–water partition coefficient (Wildman–Crippen LogP) is 6.32. The second-order valence-electron chi connectivity index (χ2n) is 11.3. The maximum absolute atomic E-state index is 12.6. The number of ether oxygens (including phenoxy) is 5. The van der Waals surface area contributed by atoms with Crippen LogP contribution in [-0.4, -0.2) is 53.2 Å². The van der Waals surface area contributed by atoms with Crippen molar-refractivity contribution in [2.75, 3.05) is 0 Å². The molecule has 1 aliphatic carbocycles. The lowest BCUT2D eigenvalue weighted by Gasteiger charge is -2.29. The minimum Gasteiger partial charge on any atom is -0.480 e. The first-order valence-electron chi connectivity index (χ1n) is 15.0. The van der Waals surface area contributed by atoms with Gasteiger partial charge in [-0.1, -0.05) is 52.0 Å². The van der Waals surface area contributed by atoms with Crippen LogP contribution in [-0.2, 0) is 30.2 Å². The van der Waals surface area contributed by atoms with Crippen LogP contribution in [0, 0.1) is 5.92 Å². The van der Waals surface area contributed by atoms with E-state index in [0.717, 1.165) is 44.9 Å². The molecule has 11 nitrogen and oxygen atoms in total. The number of carbonyl (C=O) groups is 4. The van der Waals surface area contributed by atoms with E-state index in [0.29, 0.717) is 18.4 Å². The summed E-state index contributed by atoms with van der Waals surface area (Å²) in [5, 5.41) is 10.0. The van der Waals surface area contributed by atoms with Crippen LogP contribution >= 0.6 is 0 Å². The number of carbonyl (C=O) groups excluding carboxylic acids is 3. The lowest BCUT2D eigenvalue weighted by Crippen LogP contribution is -2.52. The quantitative estimate of drug-likeness (QED) is 0.133. The molecular formula is C31H47NO10. The normalized spacial score (nSPS) is 17.2. The van der Waals surface area contributed by atoms with Crippen LogP contribution in [0.25, 0.3) is 0 Å². The molecule has 0 saturated heterocycles. The van der Waals surface area contributed by atoms with Crippen LogP contribution in [0.3, 0.4) is 0 Å². The van der Waals surface area contributed by atoms with Crippen molar-refractivity contribution in [3.8, 4) is 11.5 Å². The first-order chi connectivity index (χ1) is 19.9. The summed E-state index contributed by atoms with van der Waals surface area (Å²) in [6, 6.07) is 4.25. The van der Waals surface area contributed by atoms with Crippen molar-refractivity contribution in [2.45, 2.75) is 129 Å². The second-order valence-corrected chi connectivity index (χ2v) is 11.3. The molecule has 1 fully saturated rings. The second kappa shape index (κ2) is 16.9. The molecule has 42 heavy (non-hydrogen) atoms. The average molecular weight is 594 g/mol. The summed E-state index contributed by atoms with van der Waals surface area (Å²) in [6.07, 6.45) is 3.57. The van der Waals surface area contributed by atoms with Gasteiger partial charge in [0.05, 0.1) is 5.92 Å². The summed E-state index contributed by atoms with van der Waals surface area (Å²) in [5.74, 6) is -2.07. The van der Waals surface area contributed by atoms with Crippen LogP contribution < -0.4 is 15.2 Å². The number of benzene rings is 1. The Kier molecular flexibility index (Phi) is 14.1. The number of esters is 1. The highest BCUT2D eigenvalue weighted by atomic mass is 16.7. The molecule has 0 heterocycles. The lowest BCUT2D eigenvalue weighted by atomic mass is 9.86. The number of carboxylic acid groups (broad SMARTS) is 1. The molecule has 1 aromatic carbocycles. The maximum atomic E-state index is 12.6. The first kappa shape index (κ1) is 34.9. The van der Waals surface area contributed by atoms with Crippen molar-refractivity contribution in [3.63, 3.8) is 0 Å². The van der Waals surface area contributed by atoms with Gasteiger partial charge in [0.25, 0.3) is 0 Å². The smallest absolute Gasteiger partial charge is 0.480 e. The van der Waals surface area contributed by atoms with E-state index in [9.17, 15) is 24.3 Å². The Bertz CT molecular complexity index is 1050. The zero-order valence-corrected chi connectivity index (χ0v) is 25.5. The highest BCUT2D eigenvalue weighted by Crippen LogP contribution is 2.32. The first-order valence-corrected chi connectivity index (χ1v) is 15.0. The maximum Gasteiger partial charge on any atom is 0.514 e. The molecule has 236 valence electrons. The zero-order valence-electron chi connectivity index (χ0n) is 25.5. The van der Waals surface area contributed by atoms with Crippen molar-refractivity contribution in [1.29, 1.82) is 0 Å². The van der Waals surface area contributed by atoms with Gasteiger partial charge >= 0.3 is 24.2 Å². The summed E-state index contributed by atoms with van der Waals surface area (Å²) >= 11 is 0. The monoisotopic (exact) mass is 593 g/mol. The molecule has 0 aromatic heterocycles. The number of aliphatic carboxylic acids is 1. The number of nitrogens with two attached hydrogens (primary N) is 1. The Labute approximate surface area is 248 Å². The molecule has 1 aromatic rings. The number of rotatable bonds is 15. The number of hydrogen-bond donors (Lipinski definition) is 2. The standard InChI is InChI=1S/C31H47NO10/c1-6-11-20(3)39-29(36)41-25-16-15-23(17-26(25)42-30(37)40-21(4)12-7-2)19-31(32,28(34)35)18-22(5)38-27(33)24-13-9-8-10-14-24/h15-17,20-22,24H,6-14,18-19,32H2,1-5H3,(H,34,35)/t20?,21?,22-,31?/m0/s1. The molecule has 1 aliphatic rings. The topological polar surface area (TPSA) is 161 Å². The van der Waals surface area contributed by atoms with Gasteiger partial charge in [-0.25, -0.2) is 9.59 Å². The fourth-order valence-electron chi connectivity index (χ4n) is 5.10. The van der Waals surface area contributed by atoms with Gasteiger partial charge in [0.15, 0.2) is 11.5 Å². The van der Waals surface area contributed by atoms with E-state index in [1.807, 2.05) is 13.8 Å². The van der Waals surface area contributed by atoms with Crippen molar-refractivity contribution < 1.29 is 48.0 Å². The van der Waals surface area contributed by atoms with E-state index in [4.69, 9.17) is 29.4 Å². The lowest BCUT2D eigenvalue weighted by molar-refractivity contribution is -0.158. The molecule has 3 N–H and O–H groups in total. The van der Waals surface area contributed by atoms with Crippen molar-refractivity contribution in [3.05, 3.63) is 23.8 Å². The summed E-state index contributed by atoms with van der Waals surface area (Å²) in [4.78, 5) is 49.8. The van der Waals surface area contributed by atoms with Gasteiger partial charge < -0.3 is 34.5 Å². The van der Waals surface area contributed by atoms with Crippen LogP contribution in [0.4, 0.5) is 9.59 Å². The van der Waals surface area contributed by atoms with Gasteiger partial charge in [0.2, 0.25) is 0 Å². The van der Waals surface area contributed by atoms with Gasteiger partial charge in [-0.2, -0.15) is 0 Å². The van der Waals surface area contributed by atoms with Crippen molar-refractivity contribution in [1.82, 2.24) is 0 Å². The molecule has 1 saturated carbocycles. The van der Waals surface area contributed by atoms with Crippen molar-refractivity contribution >= 4 is 24.2 Å². The van der Waals surface area contributed by atoms with E-state index in [-0.39, 0.29) is 42.3 Å². The Balaban J connectivity index is 2.23. The van der Waals surface area contributed by atoms with Gasteiger partial charge in [-0.3, -0.25) is 9.59 Å². The summed E-state index contributed by atoms with van der Waals surface area (Å²) < 4.78 is 26.8. The minimum atomic E-state index is -1.81. The SMILES string of the molecule is CCCC(C)OC(=O)Oc1ccc(CC(N)(C[C@H](C)OC(=O)C2CCCCC2)C(=O)O)cc1OC(=O)OC(C)CCC. The molecular weight excluding hydrogens is 546 g/mol. The third-order valence-corrected chi connectivity index (χ3v) is 7.23. The fourth-order valence-corrected chi connectivity index (χ4v) is 5.10. The molecule has 4 atom stereocenters. The van der Waals surface area contributed by atoms with Crippen molar-refractivity contribution in [2.24, 2.45) is 11.7 Å². The highest BCUT2D eigenvalue weighted by molar-refractivity contribution is 5.79. The Morgan fingerprint density at radius 1 is 0.857 bits per heavy atom. The van der Waals surface area contributed by atoms with E-state index >= 15 is 0 Å². The number of hydrogen-bond acceptors (Lipinski definition) is 10. The highest BCUT2D eigenvalue weighted by Gasteiger charge is 2.38. The molecule has 0 aliphatic heterocycles. The third-order valence-electron chi connectivity index (χ3n) is 7.23. The molecule has 0 bridgehead atoms. The van der Waals surface area contributed by atoms with Crippen LogP contribution in [0.5, 0.6) is 11.5 Å². The summed E-state index contributed by atoms with van der Waals surface area (Å²) in [6.45, 7) is 8.98. The van der Waals surface area contributed by atoms with E-state index < -0.39 is 36.0 Å². The van der Waals surface area contributed by atoms with Crippen LogP contribution in [0.15, 0.2) is 18.2 Å². The molecule has 0 radical (unpaired) electrons. The van der Waals surface area contributed by atoms with Crippen LogP contribution in [0.2, 0.25) is 0 Å². The van der Waals surface area contributed by atoms with E-state index in [1.54, 1.807) is 20.8 Å². The molecule has 0 amide bonds. The minimum absolute atomic E-state index is 0.111. The van der Waals surface area contributed by atoms with E-state index in [2.05, 4.69) is 0 Å². The molecule has 11 heteroatoms. The van der Waals surface area contributed by atoms with Gasteiger partial charge in [-0.15, -0.1) is 0 Å². The Hall–Kier alpha value is -3.34. The largest absolute Gasteiger partial charge is 0.514 e. The third kappa shape index (κ3) is 11.5. The fraction of sp³-hybridized carbons (Fsp3) is 0.677. The van der Waals surface area contributed by atoms with Gasteiger partial charge in [-0.05, 0) is 64.2 Å². The van der Waals surface area contributed by atoms with E-state index in [1.165, 1.54) is 18.2 Å². The van der Waals surface area contributed by atoms with Gasteiger partial charge in [0.1, 0.15) is 23.9 Å². The molecule has 2 rings (SSSR count). The average Bonchev–Trinajstić information content (AvgIpc) is 2.90. The Morgan fingerprint density at radius 2 is 1.40 bits per heavy atom. The van der Waals surface area contributed by atoms with Gasteiger partial charge in [0, 0.05) is 12.8 Å². The summed E-state index contributed by atoms with van der Waals surface area (Å²) in [5.41, 5.74) is 4.93.